The molecule has 0 aliphatic rings. The Kier molecular flexibility index (Phi) is 8.69. The van der Waals surface area contributed by atoms with Crippen molar-refractivity contribution in [3.63, 3.8) is 0 Å². The van der Waals surface area contributed by atoms with E-state index in [2.05, 4.69) is 20.6 Å². The first-order chi connectivity index (χ1) is 14.5. The Labute approximate surface area is 187 Å². The van der Waals surface area contributed by atoms with E-state index < -0.39 is 6.09 Å². The Morgan fingerprint density at radius 1 is 1.06 bits per heavy atom. The van der Waals surface area contributed by atoms with Gasteiger partial charge in [-0.2, -0.15) is 0 Å². The minimum absolute atomic E-state index is 0. The summed E-state index contributed by atoms with van der Waals surface area (Å²) in [4.78, 5) is 20.6. The summed E-state index contributed by atoms with van der Waals surface area (Å²) in [6.45, 7) is 4.37. The van der Waals surface area contributed by atoms with E-state index in [-0.39, 0.29) is 12.4 Å². The second-order valence-corrected chi connectivity index (χ2v) is 6.72. The summed E-state index contributed by atoms with van der Waals surface area (Å²) in [5.74, 6) is 1.84. The minimum Gasteiger partial charge on any atom is -0.493 e. The van der Waals surface area contributed by atoms with Crippen molar-refractivity contribution in [3.05, 3.63) is 42.2 Å². The summed E-state index contributed by atoms with van der Waals surface area (Å²) in [5, 5.41) is 6.88. The Morgan fingerprint density at radius 2 is 1.81 bits per heavy atom. The van der Waals surface area contributed by atoms with Gasteiger partial charge < -0.3 is 19.5 Å². The molecule has 1 heterocycles. The Hall–Kier alpha value is -3.26. The number of aryl methyl sites for hydroxylation is 1. The molecule has 0 aliphatic heterocycles. The largest absolute Gasteiger partial charge is 0.493 e. The van der Waals surface area contributed by atoms with Gasteiger partial charge in [-0.25, -0.2) is 14.8 Å². The third-order valence-corrected chi connectivity index (χ3v) is 4.60. The average Bonchev–Trinajstić information content (AvgIpc) is 2.75. The van der Waals surface area contributed by atoms with Crippen molar-refractivity contribution in [1.82, 2.24) is 9.97 Å². The first-order valence-corrected chi connectivity index (χ1v) is 9.74. The SMILES string of the molecule is CCCCOC(=O)Nc1ccc(Nc2ncnc3cc(OC)c(OC)cc23)cc1C.Cl. The maximum atomic E-state index is 11.9. The van der Waals surface area contributed by atoms with Crippen LogP contribution in [0.5, 0.6) is 11.5 Å². The van der Waals surface area contributed by atoms with Crippen LogP contribution in [0.15, 0.2) is 36.7 Å². The van der Waals surface area contributed by atoms with Crippen molar-refractivity contribution in [3.8, 4) is 11.5 Å². The number of anilines is 3. The number of amides is 1. The third kappa shape index (κ3) is 5.88. The molecule has 0 spiro atoms. The number of rotatable bonds is 8. The number of hydrogen-bond donors (Lipinski definition) is 2. The highest BCUT2D eigenvalue weighted by molar-refractivity contribution is 5.93. The number of nitrogens with one attached hydrogen (secondary N) is 2. The fourth-order valence-electron chi connectivity index (χ4n) is 2.96. The molecule has 166 valence electrons. The minimum atomic E-state index is -0.449. The van der Waals surface area contributed by atoms with Crippen LogP contribution in [-0.4, -0.2) is 36.9 Å². The molecule has 0 unspecified atom stereocenters. The van der Waals surface area contributed by atoms with Crippen molar-refractivity contribution in [1.29, 1.82) is 0 Å². The predicted molar refractivity (Wildman–Crippen MR) is 124 cm³/mol. The van der Waals surface area contributed by atoms with Crippen LogP contribution in [0.1, 0.15) is 25.3 Å². The first-order valence-electron chi connectivity index (χ1n) is 9.74. The highest BCUT2D eigenvalue weighted by Crippen LogP contribution is 2.34. The van der Waals surface area contributed by atoms with E-state index >= 15 is 0 Å². The van der Waals surface area contributed by atoms with Gasteiger partial charge in [0.2, 0.25) is 0 Å². The molecule has 2 N–H and O–H groups in total. The Morgan fingerprint density at radius 3 is 2.48 bits per heavy atom. The summed E-state index contributed by atoms with van der Waals surface area (Å²) in [6.07, 6.45) is 2.86. The second kappa shape index (κ2) is 11.2. The lowest BCUT2D eigenvalue weighted by Gasteiger charge is -2.14. The number of halogens is 1. The second-order valence-electron chi connectivity index (χ2n) is 6.72. The van der Waals surface area contributed by atoms with E-state index in [4.69, 9.17) is 14.2 Å². The van der Waals surface area contributed by atoms with E-state index in [9.17, 15) is 4.79 Å². The monoisotopic (exact) mass is 446 g/mol. The van der Waals surface area contributed by atoms with Gasteiger partial charge in [0.25, 0.3) is 0 Å². The van der Waals surface area contributed by atoms with Crippen LogP contribution in [0, 0.1) is 6.92 Å². The lowest BCUT2D eigenvalue weighted by molar-refractivity contribution is 0.160. The van der Waals surface area contributed by atoms with Crippen LogP contribution in [0.3, 0.4) is 0 Å². The van der Waals surface area contributed by atoms with Gasteiger partial charge in [0.15, 0.2) is 11.5 Å². The fraction of sp³-hybridized carbons (Fsp3) is 0.318. The molecule has 2 aromatic carbocycles. The van der Waals surface area contributed by atoms with E-state index in [1.807, 2.05) is 44.2 Å². The highest BCUT2D eigenvalue weighted by atomic mass is 35.5. The Balaban J connectivity index is 0.00000341. The number of benzene rings is 2. The quantitative estimate of drug-likeness (QED) is 0.443. The van der Waals surface area contributed by atoms with E-state index in [0.717, 1.165) is 35.0 Å². The summed E-state index contributed by atoms with van der Waals surface area (Å²) in [7, 11) is 3.17. The zero-order chi connectivity index (χ0) is 21.5. The van der Waals surface area contributed by atoms with Gasteiger partial charge in [-0.1, -0.05) is 13.3 Å². The summed E-state index contributed by atoms with van der Waals surface area (Å²) in [5.41, 5.74) is 3.15. The number of methoxy groups -OCH3 is 2. The molecule has 8 nitrogen and oxygen atoms in total. The van der Waals surface area contributed by atoms with Gasteiger partial charge in [0, 0.05) is 22.8 Å². The number of aromatic nitrogens is 2. The molecule has 9 heteroatoms. The number of hydrogen-bond acceptors (Lipinski definition) is 7. The van der Waals surface area contributed by atoms with Gasteiger partial charge in [-0.05, 0) is 43.2 Å². The number of carbonyl (C=O) groups excluding carboxylic acids is 1. The third-order valence-electron chi connectivity index (χ3n) is 4.60. The molecule has 0 atom stereocenters. The molecule has 3 rings (SSSR count). The molecule has 31 heavy (non-hydrogen) atoms. The molecule has 0 saturated heterocycles. The van der Waals surface area contributed by atoms with E-state index in [0.29, 0.717) is 29.6 Å². The number of unbranched alkanes of at least 4 members (excludes halogenated alkanes) is 1. The van der Waals surface area contributed by atoms with Crippen LogP contribution < -0.4 is 20.1 Å². The van der Waals surface area contributed by atoms with Gasteiger partial charge in [-0.15, -0.1) is 12.4 Å². The average molecular weight is 447 g/mol. The first kappa shape index (κ1) is 24.0. The Bertz CT molecular complexity index is 1050. The molecule has 3 aromatic rings. The van der Waals surface area contributed by atoms with Crippen LogP contribution in [0.2, 0.25) is 0 Å². The molecule has 0 aliphatic carbocycles. The van der Waals surface area contributed by atoms with Gasteiger partial charge in [0.05, 0.1) is 26.3 Å². The fourth-order valence-corrected chi connectivity index (χ4v) is 2.96. The maximum absolute atomic E-state index is 11.9. The van der Waals surface area contributed by atoms with Gasteiger partial charge in [-0.3, -0.25) is 5.32 Å². The number of nitrogens with zero attached hydrogens (tertiary/aromatic N) is 2. The topological polar surface area (TPSA) is 94.6 Å². The van der Waals surface area contributed by atoms with Crippen molar-refractivity contribution in [2.45, 2.75) is 26.7 Å². The lowest BCUT2D eigenvalue weighted by Crippen LogP contribution is -2.15. The molecular formula is C22H27ClN4O4. The zero-order valence-corrected chi connectivity index (χ0v) is 18.8. The summed E-state index contributed by atoms with van der Waals surface area (Å²) < 4.78 is 15.9. The van der Waals surface area contributed by atoms with Crippen LogP contribution in [0.25, 0.3) is 10.9 Å². The standard InChI is InChI=1S/C22H26N4O4.ClH/c1-5-6-9-30-22(27)26-17-8-7-15(10-14(17)2)25-21-16-11-19(28-3)20(29-4)12-18(16)23-13-24-21;/h7-8,10-13H,5-6,9H2,1-4H3,(H,26,27)(H,23,24,25);1H. The molecule has 0 saturated carbocycles. The number of fused-ring (bicyclic) bond motifs is 1. The van der Waals surface area contributed by atoms with Crippen LogP contribution in [0.4, 0.5) is 22.0 Å². The number of ether oxygens (including phenoxy) is 3. The van der Waals surface area contributed by atoms with Crippen LogP contribution in [-0.2, 0) is 4.74 Å². The molecular weight excluding hydrogens is 420 g/mol. The van der Waals surface area contributed by atoms with E-state index in [1.165, 1.54) is 6.33 Å². The molecule has 0 fully saturated rings. The van der Waals surface area contributed by atoms with Crippen molar-refractivity contribution in [2.75, 3.05) is 31.5 Å². The molecule has 0 radical (unpaired) electrons. The van der Waals surface area contributed by atoms with Crippen LogP contribution >= 0.6 is 12.4 Å². The molecule has 1 amide bonds. The van der Waals surface area contributed by atoms with Crippen molar-refractivity contribution < 1.29 is 19.0 Å². The highest BCUT2D eigenvalue weighted by Gasteiger charge is 2.12. The van der Waals surface area contributed by atoms with Crippen molar-refractivity contribution >= 4 is 46.6 Å². The maximum Gasteiger partial charge on any atom is 0.411 e. The smallest absolute Gasteiger partial charge is 0.411 e. The van der Waals surface area contributed by atoms with Gasteiger partial charge >= 0.3 is 6.09 Å². The van der Waals surface area contributed by atoms with Gasteiger partial charge in [0.1, 0.15) is 12.1 Å². The lowest BCUT2D eigenvalue weighted by atomic mass is 10.1. The summed E-state index contributed by atoms with van der Waals surface area (Å²) in [6, 6.07) is 9.26. The van der Waals surface area contributed by atoms with Crippen molar-refractivity contribution in [2.24, 2.45) is 0 Å². The normalized spacial score (nSPS) is 10.2. The summed E-state index contributed by atoms with van der Waals surface area (Å²) >= 11 is 0. The van der Waals surface area contributed by atoms with E-state index in [1.54, 1.807) is 14.2 Å². The predicted octanol–water partition coefficient (Wildman–Crippen LogP) is 5.47. The zero-order valence-electron chi connectivity index (χ0n) is 18.0. The number of carbonyl (C=O) groups is 1. The molecule has 1 aromatic heterocycles. The molecule has 0 bridgehead atoms.